The first-order valence-electron chi connectivity index (χ1n) is 5.65. The van der Waals surface area contributed by atoms with E-state index in [0.717, 1.165) is 21.3 Å². The van der Waals surface area contributed by atoms with Crippen LogP contribution in [-0.2, 0) is 9.47 Å². The monoisotopic (exact) mass is 380 g/mol. The lowest BCUT2D eigenvalue weighted by molar-refractivity contribution is 0.170. The van der Waals surface area contributed by atoms with Gasteiger partial charge in [0.05, 0.1) is 23.7 Å². The highest BCUT2D eigenvalue weighted by Gasteiger charge is 2.18. The number of halogens is 2. The van der Waals surface area contributed by atoms with E-state index in [0.29, 0.717) is 13.2 Å². The Balaban J connectivity index is 2.93. The Morgan fingerprint density at radius 3 is 2.61 bits per heavy atom. The molecule has 102 valence electrons. The zero-order chi connectivity index (χ0) is 13.5. The summed E-state index contributed by atoms with van der Waals surface area (Å²) in [7, 11) is 3.40. The second-order valence-electron chi connectivity index (χ2n) is 3.95. The average Bonchev–Trinajstić information content (AvgIpc) is 2.32. The SMILES string of the molecule is COCCN(c1ncc(Br)cc1Br)C(C)COC. The van der Waals surface area contributed by atoms with E-state index in [1.54, 1.807) is 20.4 Å². The lowest BCUT2D eigenvalue weighted by atomic mass is 10.3. The number of hydrogen-bond acceptors (Lipinski definition) is 4. The van der Waals surface area contributed by atoms with Gasteiger partial charge in [-0.25, -0.2) is 4.98 Å². The molecular weight excluding hydrogens is 364 g/mol. The molecule has 0 aromatic carbocycles. The van der Waals surface area contributed by atoms with Crippen LogP contribution in [0.4, 0.5) is 5.82 Å². The van der Waals surface area contributed by atoms with Crippen molar-refractivity contribution in [3.8, 4) is 0 Å². The molecule has 6 heteroatoms. The Bertz CT molecular complexity index is 377. The highest BCUT2D eigenvalue weighted by Crippen LogP contribution is 2.27. The van der Waals surface area contributed by atoms with Crippen molar-refractivity contribution in [2.75, 3.05) is 38.9 Å². The van der Waals surface area contributed by atoms with Gasteiger partial charge >= 0.3 is 0 Å². The standard InChI is InChI=1S/C12H18Br2N2O2/c1-9(8-18-3)16(4-5-17-2)12-11(14)6-10(13)7-15-12/h6-7,9H,4-5,8H2,1-3H3. The zero-order valence-corrected chi connectivity index (χ0v) is 14.0. The summed E-state index contributed by atoms with van der Waals surface area (Å²) in [6.07, 6.45) is 1.79. The molecule has 1 atom stereocenters. The number of ether oxygens (including phenoxy) is 2. The Morgan fingerprint density at radius 2 is 2.06 bits per heavy atom. The second-order valence-corrected chi connectivity index (χ2v) is 5.72. The normalized spacial score (nSPS) is 12.5. The summed E-state index contributed by atoms with van der Waals surface area (Å²) in [5, 5.41) is 0. The van der Waals surface area contributed by atoms with Crippen molar-refractivity contribution < 1.29 is 9.47 Å². The molecule has 1 unspecified atom stereocenters. The maximum absolute atomic E-state index is 5.21. The number of methoxy groups -OCH3 is 2. The van der Waals surface area contributed by atoms with E-state index in [1.165, 1.54) is 0 Å². The molecule has 0 amide bonds. The summed E-state index contributed by atoms with van der Waals surface area (Å²) < 4.78 is 12.3. The third-order valence-electron chi connectivity index (χ3n) is 2.54. The lowest BCUT2D eigenvalue weighted by Crippen LogP contribution is -2.39. The lowest BCUT2D eigenvalue weighted by Gasteiger charge is -2.30. The third kappa shape index (κ3) is 4.50. The topological polar surface area (TPSA) is 34.6 Å². The highest BCUT2D eigenvalue weighted by molar-refractivity contribution is 9.11. The number of nitrogens with zero attached hydrogens (tertiary/aromatic N) is 2. The van der Waals surface area contributed by atoms with E-state index in [1.807, 2.05) is 6.07 Å². The molecule has 0 N–H and O–H groups in total. The van der Waals surface area contributed by atoms with Crippen LogP contribution in [0.25, 0.3) is 0 Å². The first-order valence-corrected chi connectivity index (χ1v) is 7.24. The Morgan fingerprint density at radius 1 is 1.33 bits per heavy atom. The van der Waals surface area contributed by atoms with Crippen molar-refractivity contribution in [3.63, 3.8) is 0 Å². The maximum atomic E-state index is 5.21. The third-order valence-corrected chi connectivity index (χ3v) is 3.55. The van der Waals surface area contributed by atoms with Crippen LogP contribution in [0, 0.1) is 0 Å². The predicted octanol–water partition coefficient (Wildman–Crippen LogP) is 3.09. The largest absolute Gasteiger partial charge is 0.383 e. The molecule has 1 heterocycles. The first-order chi connectivity index (χ1) is 8.60. The fraction of sp³-hybridized carbons (Fsp3) is 0.583. The van der Waals surface area contributed by atoms with Crippen LogP contribution in [0.15, 0.2) is 21.2 Å². The molecular formula is C12H18Br2N2O2. The van der Waals surface area contributed by atoms with E-state index in [4.69, 9.17) is 9.47 Å². The molecule has 0 bridgehead atoms. The van der Waals surface area contributed by atoms with E-state index < -0.39 is 0 Å². The van der Waals surface area contributed by atoms with Gasteiger partial charge in [0.1, 0.15) is 5.82 Å². The minimum atomic E-state index is 0.232. The molecule has 0 radical (unpaired) electrons. The van der Waals surface area contributed by atoms with Crippen molar-refractivity contribution in [1.82, 2.24) is 4.98 Å². The predicted molar refractivity (Wildman–Crippen MR) is 80.2 cm³/mol. The van der Waals surface area contributed by atoms with Gasteiger partial charge in [0.15, 0.2) is 0 Å². The van der Waals surface area contributed by atoms with Crippen molar-refractivity contribution in [3.05, 3.63) is 21.2 Å². The average molecular weight is 382 g/mol. The van der Waals surface area contributed by atoms with E-state index in [9.17, 15) is 0 Å². The van der Waals surface area contributed by atoms with Gasteiger partial charge in [-0.3, -0.25) is 0 Å². The van der Waals surface area contributed by atoms with Crippen LogP contribution in [0.2, 0.25) is 0 Å². The Kier molecular flexibility index (Phi) is 7.14. The minimum Gasteiger partial charge on any atom is -0.383 e. The number of hydrogen-bond donors (Lipinski definition) is 0. The summed E-state index contributed by atoms with van der Waals surface area (Å²) in [6, 6.07) is 2.22. The fourth-order valence-electron chi connectivity index (χ4n) is 1.67. The molecule has 0 fully saturated rings. The van der Waals surface area contributed by atoms with Gasteiger partial charge in [-0.15, -0.1) is 0 Å². The Labute approximate surface area is 125 Å². The van der Waals surface area contributed by atoms with Crippen molar-refractivity contribution >= 4 is 37.7 Å². The van der Waals surface area contributed by atoms with Gasteiger partial charge in [0.2, 0.25) is 0 Å². The fourth-order valence-corrected chi connectivity index (χ4v) is 2.89. The molecule has 0 spiro atoms. The summed E-state index contributed by atoms with van der Waals surface area (Å²) in [5.41, 5.74) is 0. The van der Waals surface area contributed by atoms with Crippen LogP contribution >= 0.6 is 31.9 Å². The number of pyridine rings is 1. The Hall–Kier alpha value is -0.170. The quantitative estimate of drug-likeness (QED) is 0.726. The molecule has 0 aliphatic carbocycles. The van der Waals surface area contributed by atoms with Crippen molar-refractivity contribution in [2.45, 2.75) is 13.0 Å². The van der Waals surface area contributed by atoms with Gasteiger partial charge in [0, 0.05) is 31.4 Å². The van der Waals surface area contributed by atoms with Crippen molar-refractivity contribution in [1.29, 1.82) is 0 Å². The van der Waals surface area contributed by atoms with Gasteiger partial charge in [-0.1, -0.05) is 0 Å². The summed E-state index contributed by atoms with van der Waals surface area (Å²) in [5.74, 6) is 0.903. The highest BCUT2D eigenvalue weighted by atomic mass is 79.9. The molecule has 0 aliphatic rings. The maximum Gasteiger partial charge on any atom is 0.143 e. The van der Waals surface area contributed by atoms with Crippen LogP contribution in [0.1, 0.15) is 6.92 Å². The van der Waals surface area contributed by atoms with E-state index in [2.05, 4.69) is 48.7 Å². The number of anilines is 1. The van der Waals surface area contributed by atoms with Crippen LogP contribution in [0.5, 0.6) is 0 Å². The van der Waals surface area contributed by atoms with Crippen molar-refractivity contribution in [2.24, 2.45) is 0 Å². The van der Waals surface area contributed by atoms with Gasteiger partial charge < -0.3 is 14.4 Å². The van der Waals surface area contributed by atoms with Gasteiger partial charge in [-0.2, -0.15) is 0 Å². The molecule has 0 saturated carbocycles. The molecule has 1 aromatic heterocycles. The van der Waals surface area contributed by atoms with Crippen LogP contribution < -0.4 is 4.90 Å². The molecule has 0 aliphatic heterocycles. The zero-order valence-electron chi connectivity index (χ0n) is 10.8. The summed E-state index contributed by atoms with van der Waals surface area (Å²) in [4.78, 5) is 6.63. The van der Waals surface area contributed by atoms with Gasteiger partial charge in [-0.05, 0) is 44.8 Å². The molecule has 0 saturated heterocycles. The van der Waals surface area contributed by atoms with Crippen LogP contribution in [0.3, 0.4) is 0 Å². The number of aromatic nitrogens is 1. The molecule has 1 aromatic rings. The second kappa shape index (κ2) is 8.09. The summed E-state index contributed by atoms with van der Waals surface area (Å²) in [6.45, 7) is 4.18. The molecule has 18 heavy (non-hydrogen) atoms. The molecule has 4 nitrogen and oxygen atoms in total. The smallest absolute Gasteiger partial charge is 0.143 e. The summed E-state index contributed by atoms with van der Waals surface area (Å²) >= 11 is 6.95. The van der Waals surface area contributed by atoms with E-state index >= 15 is 0 Å². The van der Waals surface area contributed by atoms with Gasteiger partial charge in [0.25, 0.3) is 0 Å². The van der Waals surface area contributed by atoms with E-state index in [-0.39, 0.29) is 6.04 Å². The minimum absolute atomic E-state index is 0.232. The first kappa shape index (κ1) is 15.9. The van der Waals surface area contributed by atoms with Crippen LogP contribution in [-0.4, -0.2) is 45.0 Å². The number of rotatable bonds is 7. The molecule has 1 rings (SSSR count).